The van der Waals surface area contributed by atoms with Crippen molar-refractivity contribution < 1.29 is 17.7 Å². The van der Waals surface area contributed by atoms with E-state index < -0.39 is 10.1 Å². The number of hydrogen-bond donors (Lipinski definition) is 1. The molecule has 1 fully saturated rings. The molecule has 100 valence electrons. The highest BCUT2D eigenvalue weighted by molar-refractivity contribution is 7.87. The zero-order valence-corrected chi connectivity index (χ0v) is 10.8. The lowest BCUT2D eigenvalue weighted by molar-refractivity contribution is 0.178. The molecule has 1 atom stereocenters. The SMILES string of the molecule is O=S(=O)(CCN1CC[C@H](O)C1)Oc1ccccc1. The number of β-amino-alcohol motifs (C(OH)–C–C–N with tert-alkyl or cyclic N) is 1. The fourth-order valence-corrected chi connectivity index (χ4v) is 2.89. The molecular formula is C12H17NO4S. The van der Waals surface area contributed by atoms with Crippen LogP contribution in [0.4, 0.5) is 0 Å². The van der Waals surface area contributed by atoms with Crippen LogP contribution in [-0.4, -0.2) is 49.9 Å². The first-order chi connectivity index (χ1) is 8.55. The Morgan fingerprint density at radius 1 is 1.33 bits per heavy atom. The van der Waals surface area contributed by atoms with Gasteiger partial charge in [-0.2, -0.15) is 8.42 Å². The first kappa shape index (κ1) is 13.3. The van der Waals surface area contributed by atoms with Gasteiger partial charge in [-0.15, -0.1) is 0 Å². The highest BCUT2D eigenvalue weighted by atomic mass is 32.2. The van der Waals surface area contributed by atoms with Gasteiger partial charge in [-0.05, 0) is 18.6 Å². The van der Waals surface area contributed by atoms with Crippen LogP contribution in [-0.2, 0) is 10.1 Å². The lowest BCUT2D eigenvalue weighted by atomic mass is 10.3. The van der Waals surface area contributed by atoms with E-state index in [1.54, 1.807) is 30.3 Å². The summed E-state index contributed by atoms with van der Waals surface area (Å²) < 4.78 is 28.4. The normalized spacial score (nSPS) is 21.1. The Morgan fingerprint density at radius 2 is 2.06 bits per heavy atom. The van der Waals surface area contributed by atoms with E-state index in [1.807, 2.05) is 4.90 Å². The number of likely N-dealkylation sites (tertiary alicyclic amines) is 1. The molecule has 0 amide bonds. The van der Waals surface area contributed by atoms with Crippen LogP contribution in [0, 0.1) is 0 Å². The van der Waals surface area contributed by atoms with Crippen molar-refractivity contribution in [1.82, 2.24) is 4.90 Å². The quantitative estimate of drug-likeness (QED) is 0.788. The van der Waals surface area contributed by atoms with E-state index in [0.29, 0.717) is 25.3 Å². The van der Waals surface area contributed by atoms with E-state index in [4.69, 9.17) is 4.18 Å². The van der Waals surface area contributed by atoms with Crippen LogP contribution in [0.25, 0.3) is 0 Å². The summed E-state index contributed by atoms with van der Waals surface area (Å²) in [7, 11) is -3.56. The maximum absolute atomic E-state index is 11.7. The third-order valence-corrected chi connectivity index (χ3v) is 4.00. The molecule has 1 aromatic rings. The van der Waals surface area contributed by atoms with Gasteiger partial charge in [0.2, 0.25) is 0 Å². The Bertz CT molecular complexity index is 474. The maximum atomic E-state index is 11.7. The minimum Gasteiger partial charge on any atom is -0.392 e. The first-order valence-corrected chi connectivity index (χ1v) is 7.50. The summed E-state index contributed by atoms with van der Waals surface area (Å²) >= 11 is 0. The molecule has 0 bridgehead atoms. The average molecular weight is 271 g/mol. The second-order valence-electron chi connectivity index (χ2n) is 4.40. The van der Waals surface area contributed by atoms with Crippen molar-refractivity contribution in [3.05, 3.63) is 30.3 Å². The third-order valence-electron chi connectivity index (χ3n) is 2.87. The number of benzene rings is 1. The van der Waals surface area contributed by atoms with Gasteiger partial charge in [0.1, 0.15) is 5.75 Å². The zero-order valence-electron chi connectivity index (χ0n) is 10.0. The maximum Gasteiger partial charge on any atom is 0.310 e. The molecule has 1 N–H and O–H groups in total. The Morgan fingerprint density at radius 3 is 2.67 bits per heavy atom. The molecule has 1 saturated heterocycles. The fourth-order valence-electron chi connectivity index (χ4n) is 1.92. The van der Waals surface area contributed by atoms with Gasteiger partial charge < -0.3 is 9.29 Å². The topological polar surface area (TPSA) is 66.8 Å². The second kappa shape index (κ2) is 5.69. The second-order valence-corrected chi connectivity index (χ2v) is 6.09. The molecule has 1 aliphatic rings. The first-order valence-electron chi connectivity index (χ1n) is 5.93. The van der Waals surface area contributed by atoms with Crippen molar-refractivity contribution in [2.24, 2.45) is 0 Å². The van der Waals surface area contributed by atoms with Crippen LogP contribution >= 0.6 is 0 Å². The predicted molar refractivity (Wildman–Crippen MR) is 67.9 cm³/mol. The molecule has 2 rings (SSSR count). The van der Waals surface area contributed by atoms with Crippen LogP contribution < -0.4 is 4.18 Å². The van der Waals surface area contributed by atoms with E-state index in [2.05, 4.69) is 0 Å². The third kappa shape index (κ3) is 3.97. The largest absolute Gasteiger partial charge is 0.392 e. The molecule has 1 heterocycles. The van der Waals surface area contributed by atoms with Gasteiger partial charge in [0.25, 0.3) is 0 Å². The minimum absolute atomic E-state index is 0.0609. The number of para-hydroxylation sites is 1. The lowest BCUT2D eigenvalue weighted by Crippen LogP contribution is -2.29. The standard InChI is InChI=1S/C12H17NO4S/c14-11-6-7-13(10-11)8-9-18(15,16)17-12-4-2-1-3-5-12/h1-5,11,14H,6-10H2/t11-/m0/s1. The zero-order chi connectivity index (χ0) is 13.0. The molecule has 18 heavy (non-hydrogen) atoms. The van der Waals surface area contributed by atoms with E-state index in [-0.39, 0.29) is 11.9 Å². The van der Waals surface area contributed by atoms with Crippen molar-refractivity contribution >= 4 is 10.1 Å². The molecule has 0 aromatic heterocycles. The van der Waals surface area contributed by atoms with Crippen LogP contribution in [0.3, 0.4) is 0 Å². The molecule has 0 radical (unpaired) electrons. The smallest absolute Gasteiger partial charge is 0.310 e. The van der Waals surface area contributed by atoms with Crippen molar-refractivity contribution in [2.75, 3.05) is 25.4 Å². The summed E-state index contributed by atoms with van der Waals surface area (Å²) in [5.41, 5.74) is 0. The monoisotopic (exact) mass is 271 g/mol. The van der Waals surface area contributed by atoms with Crippen molar-refractivity contribution in [3.63, 3.8) is 0 Å². The molecule has 1 aromatic carbocycles. The Labute approximate surface area is 107 Å². The number of nitrogens with zero attached hydrogens (tertiary/aromatic N) is 1. The molecule has 5 nitrogen and oxygen atoms in total. The highest BCUT2D eigenvalue weighted by Crippen LogP contribution is 2.13. The summed E-state index contributed by atoms with van der Waals surface area (Å²) in [6.45, 7) is 1.68. The number of aliphatic hydroxyl groups excluding tert-OH is 1. The van der Waals surface area contributed by atoms with E-state index in [0.717, 1.165) is 6.54 Å². The van der Waals surface area contributed by atoms with Crippen LogP contribution in [0.2, 0.25) is 0 Å². The van der Waals surface area contributed by atoms with Gasteiger partial charge in [0, 0.05) is 19.6 Å². The van der Waals surface area contributed by atoms with E-state index in [1.165, 1.54) is 0 Å². The predicted octanol–water partition coefficient (Wildman–Crippen LogP) is 0.462. The van der Waals surface area contributed by atoms with Gasteiger partial charge >= 0.3 is 10.1 Å². The van der Waals surface area contributed by atoms with Crippen LogP contribution in [0.1, 0.15) is 6.42 Å². The van der Waals surface area contributed by atoms with Crippen molar-refractivity contribution in [2.45, 2.75) is 12.5 Å². The van der Waals surface area contributed by atoms with Crippen molar-refractivity contribution in [1.29, 1.82) is 0 Å². The molecule has 6 heteroatoms. The van der Waals surface area contributed by atoms with Gasteiger partial charge in [0.05, 0.1) is 11.9 Å². The summed E-state index contributed by atoms with van der Waals surface area (Å²) in [4.78, 5) is 1.93. The van der Waals surface area contributed by atoms with Crippen LogP contribution in [0.15, 0.2) is 30.3 Å². The molecular weight excluding hydrogens is 254 g/mol. The lowest BCUT2D eigenvalue weighted by Gasteiger charge is -2.14. The number of aliphatic hydroxyl groups is 1. The Kier molecular flexibility index (Phi) is 4.21. The molecule has 1 aliphatic heterocycles. The summed E-state index contributed by atoms with van der Waals surface area (Å²) in [5.74, 6) is 0.271. The van der Waals surface area contributed by atoms with E-state index in [9.17, 15) is 13.5 Å². The van der Waals surface area contributed by atoms with Crippen LogP contribution in [0.5, 0.6) is 5.75 Å². The number of rotatable bonds is 5. The van der Waals surface area contributed by atoms with Gasteiger partial charge in [0.15, 0.2) is 0 Å². The summed E-state index contributed by atoms with van der Waals surface area (Å²) in [5, 5.41) is 9.34. The molecule has 0 unspecified atom stereocenters. The average Bonchev–Trinajstić information content (AvgIpc) is 2.74. The van der Waals surface area contributed by atoms with Gasteiger partial charge in [-0.25, -0.2) is 0 Å². The highest BCUT2D eigenvalue weighted by Gasteiger charge is 2.22. The molecule has 0 spiro atoms. The minimum atomic E-state index is -3.56. The van der Waals surface area contributed by atoms with Crippen molar-refractivity contribution in [3.8, 4) is 5.75 Å². The molecule has 0 saturated carbocycles. The van der Waals surface area contributed by atoms with Gasteiger partial charge in [-0.1, -0.05) is 18.2 Å². The number of hydrogen-bond acceptors (Lipinski definition) is 5. The Balaban J connectivity index is 1.84. The summed E-state index contributed by atoms with van der Waals surface area (Å²) in [6, 6.07) is 8.46. The summed E-state index contributed by atoms with van der Waals surface area (Å²) in [6.07, 6.45) is 0.377. The fraction of sp³-hybridized carbons (Fsp3) is 0.500. The van der Waals surface area contributed by atoms with Gasteiger partial charge in [-0.3, -0.25) is 4.90 Å². The Hall–Kier alpha value is -1.11. The van der Waals surface area contributed by atoms with E-state index >= 15 is 0 Å². The molecule has 0 aliphatic carbocycles.